The normalized spacial score (nSPS) is 9.25. The van der Waals surface area contributed by atoms with Crippen molar-refractivity contribution in [2.24, 2.45) is 0 Å². The molecule has 0 nitrogen and oxygen atoms in total. The van der Waals surface area contributed by atoms with Crippen LogP contribution >= 0.6 is 38.5 Å². The van der Waals surface area contributed by atoms with Crippen LogP contribution in [0.1, 0.15) is 0 Å². The van der Waals surface area contributed by atoms with Gasteiger partial charge in [0.1, 0.15) is 0 Å². The molecule has 0 bridgehead atoms. The Morgan fingerprint density at radius 3 is 2.25 bits per heavy atom. The number of rotatable bonds is 0. The number of halogens is 2. The summed E-state index contributed by atoms with van der Waals surface area (Å²) in [6.45, 7) is 0. The Morgan fingerprint density at radius 1 is 1.25 bits per heavy atom. The summed E-state index contributed by atoms with van der Waals surface area (Å²) in [5.41, 5.74) is 0. The van der Waals surface area contributed by atoms with Crippen molar-refractivity contribution in [1.82, 2.24) is 0 Å². The first-order valence-electron chi connectivity index (χ1n) is 2.21. The van der Waals surface area contributed by atoms with Crippen molar-refractivity contribution in [3.05, 3.63) is 32.3 Å². The molecule has 0 aliphatic rings. The Labute approximate surface area is 70.6 Å². The molecular formula is C6H4BrI. The highest BCUT2D eigenvalue weighted by Crippen LogP contribution is 2.16. The second kappa shape index (κ2) is 2.82. The van der Waals surface area contributed by atoms with Crippen molar-refractivity contribution in [3.8, 4) is 0 Å². The molecule has 0 aliphatic heterocycles. The standard InChI is InChI=1S/C6H4BrI/c7-5-3-1-2-4-6(5)8/h1-4H/i1+1,2+1,3+1,4+1,5+1,6+1. The van der Waals surface area contributed by atoms with Crippen LogP contribution in [0.3, 0.4) is 0 Å². The highest BCUT2D eigenvalue weighted by molar-refractivity contribution is 14.1. The van der Waals surface area contributed by atoms with Gasteiger partial charge in [-0.25, -0.2) is 0 Å². The van der Waals surface area contributed by atoms with E-state index in [0.29, 0.717) is 0 Å². The van der Waals surface area contributed by atoms with E-state index in [4.69, 9.17) is 0 Å². The van der Waals surface area contributed by atoms with Crippen molar-refractivity contribution >= 4 is 38.5 Å². The van der Waals surface area contributed by atoms with Gasteiger partial charge >= 0.3 is 0 Å². The van der Waals surface area contributed by atoms with Crippen LogP contribution in [0.25, 0.3) is 0 Å². The zero-order chi connectivity index (χ0) is 5.98. The summed E-state index contributed by atoms with van der Waals surface area (Å²) in [5.74, 6) is 0. The van der Waals surface area contributed by atoms with E-state index >= 15 is 0 Å². The van der Waals surface area contributed by atoms with Crippen molar-refractivity contribution < 1.29 is 0 Å². The quantitative estimate of drug-likeness (QED) is 0.644. The van der Waals surface area contributed by atoms with E-state index < -0.39 is 0 Å². The Balaban J connectivity index is 3.13. The molecule has 0 fully saturated rings. The summed E-state index contributed by atoms with van der Waals surface area (Å²) < 4.78 is 2.42. The van der Waals surface area contributed by atoms with E-state index in [1.54, 1.807) is 0 Å². The lowest BCUT2D eigenvalue weighted by atomic mass is 11.4. The Bertz CT molecular complexity index is 165. The average molecular weight is 289 g/mol. The summed E-state index contributed by atoms with van der Waals surface area (Å²) in [4.78, 5) is 0. The third kappa shape index (κ3) is 1.45. The van der Waals surface area contributed by atoms with Gasteiger partial charge in [-0.3, -0.25) is 0 Å². The molecule has 0 amide bonds. The number of benzene rings is 1. The molecule has 0 saturated heterocycles. The number of hydrogen-bond acceptors (Lipinski definition) is 0. The van der Waals surface area contributed by atoms with Gasteiger partial charge in [0.25, 0.3) is 0 Å². The molecule has 1 aromatic rings. The van der Waals surface area contributed by atoms with Crippen LogP contribution in [0.2, 0.25) is 0 Å². The summed E-state index contributed by atoms with van der Waals surface area (Å²) in [5, 5.41) is 0. The monoisotopic (exact) mass is 288 g/mol. The average Bonchev–Trinajstić information content (AvgIpc) is 1.77. The van der Waals surface area contributed by atoms with E-state index in [0.717, 1.165) is 0 Å². The zero-order valence-corrected chi connectivity index (χ0v) is 7.81. The molecule has 0 saturated carbocycles. The van der Waals surface area contributed by atoms with E-state index in [9.17, 15) is 0 Å². The minimum atomic E-state index is 1.17. The molecule has 8 heavy (non-hydrogen) atoms. The highest BCUT2D eigenvalue weighted by Gasteiger charge is 1.88. The summed E-state index contributed by atoms with van der Waals surface area (Å²) >= 11 is 5.67. The summed E-state index contributed by atoms with van der Waals surface area (Å²) in [6.07, 6.45) is 0. The van der Waals surface area contributed by atoms with Crippen molar-refractivity contribution in [1.29, 1.82) is 0 Å². The third-order valence-corrected chi connectivity index (χ3v) is 3.20. The van der Waals surface area contributed by atoms with Crippen LogP contribution in [-0.2, 0) is 0 Å². The lowest BCUT2D eigenvalue weighted by Gasteiger charge is -1.89. The molecule has 1 rings (SSSR count). The fourth-order valence-corrected chi connectivity index (χ4v) is 1.11. The van der Waals surface area contributed by atoms with Gasteiger partial charge in [-0.2, -0.15) is 0 Å². The number of hydrogen-bond donors (Lipinski definition) is 0. The van der Waals surface area contributed by atoms with E-state index in [1.807, 2.05) is 18.2 Å². The Kier molecular flexibility index (Phi) is 2.31. The molecule has 0 aromatic heterocycles. The van der Waals surface area contributed by atoms with Crippen LogP contribution in [-0.4, -0.2) is 0 Å². The highest BCUT2D eigenvalue weighted by atomic mass is 127. The molecular weight excluding hydrogens is 285 g/mol. The molecule has 42 valence electrons. The maximum Gasteiger partial charge on any atom is 0.0308 e. The van der Waals surface area contributed by atoms with Crippen LogP contribution in [0.5, 0.6) is 0 Å². The fourth-order valence-electron chi connectivity index (χ4n) is 0.439. The summed E-state index contributed by atoms with van der Waals surface area (Å²) in [6, 6.07) is 8.12. The van der Waals surface area contributed by atoms with Gasteiger partial charge in [-0.05, 0) is 50.7 Å². The first-order chi connectivity index (χ1) is 3.80. The molecule has 1 aromatic carbocycles. The minimum absolute atomic E-state index is 1.17. The SMILES string of the molecule is Br[13c]1[13cH][13cH][13cH][13cH][13c]1I. The van der Waals surface area contributed by atoms with Crippen LogP contribution in [0.15, 0.2) is 28.7 Å². The van der Waals surface area contributed by atoms with Gasteiger partial charge < -0.3 is 0 Å². The predicted molar refractivity (Wildman–Crippen MR) is 46.9 cm³/mol. The molecule has 0 N–H and O–H groups in total. The molecule has 0 aliphatic carbocycles. The first kappa shape index (κ1) is 6.55. The zero-order valence-electron chi connectivity index (χ0n) is 4.07. The minimum Gasteiger partial charge on any atom is -0.0611 e. The molecule has 0 heterocycles. The maximum atomic E-state index is 3.39. The van der Waals surface area contributed by atoms with Gasteiger partial charge in [0.15, 0.2) is 0 Å². The second-order valence-corrected chi connectivity index (χ2v) is 3.43. The predicted octanol–water partition coefficient (Wildman–Crippen LogP) is 3.05. The fraction of sp³-hybridized carbons (Fsp3) is 0. The Morgan fingerprint density at radius 2 is 1.88 bits per heavy atom. The van der Waals surface area contributed by atoms with Crippen molar-refractivity contribution in [2.45, 2.75) is 0 Å². The maximum absolute atomic E-state index is 3.39. The molecule has 2 heteroatoms. The van der Waals surface area contributed by atoms with Crippen LogP contribution < -0.4 is 0 Å². The van der Waals surface area contributed by atoms with Crippen LogP contribution in [0, 0.1) is 3.57 Å². The molecule has 0 atom stereocenters. The lowest BCUT2D eigenvalue weighted by molar-refractivity contribution is 1.59. The smallest absolute Gasteiger partial charge is 0.0308 e. The van der Waals surface area contributed by atoms with Gasteiger partial charge in [-0.1, -0.05) is 12.1 Å². The van der Waals surface area contributed by atoms with Crippen molar-refractivity contribution in [3.63, 3.8) is 0 Å². The third-order valence-electron chi connectivity index (χ3n) is 0.824. The van der Waals surface area contributed by atoms with Gasteiger partial charge in [0, 0.05) is 8.04 Å². The second-order valence-electron chi connectivity index (χ2n) is 1.41. The largest absolute Gasteiger partial charge is 0.0611 e. The van der Waals surface area contributed by atoms with Gasteiger partial charge in [-0.15, -0.1) is 0 Å². The van der Waals surface area contributed by atoms with Gasteiger partial charge in [0.05, 0.1) is 0 Å². The van der Waals surface area contributed by atoms with Crippen LogP contribution in [0.4, 0.5) is 0 Å². The van der Waals surface area contributed by atoms with E-state index in [1.165, 1.54) is 8.04 Å². The Hall–Kier alpha value is 0.430. The van der Waals surface area contributed by atoms with Crippen molar-refractivity contribution in [2.75, 3.05) is 0 Å². The molecule has 0 spiro atoms. The first-order valence-corrected chi connectivity index (χ1v) is 4.08. The molecule has 0 unspecified atom stereocenters. The topological polar surface area (TPSA) is 0 Å². The summed E-state index contributed by atoms with van der Waals surface area (Å²) in [7, 11) is 0. The van der Waals surface area contributed by atoms with Gasteiger partial charge in [0.2, 0.25) is 0 Å². The lowest BCUT2D eigenvalue weighted by Crippen LogP contribution is -1.68. The molecule has 0 radical (unpaired) electrons. The van der Waals surface area contributed by atoms with E-state index in [-0.39, 0.29) is 0 Å². The van der Waals surface area contributed by atoms with E-state index in [2.05, 4.69) is 44.6 Å².